The molecule has 0 aliphatic carbocycles. The Hall–Kier alpha value is -3.59. The summed E-state index contributed by atoms with van der Waals surface area (Å²) in [6.07, 6.45) is 2.09. The number of nitrogens with one attached hydrogen (secondary N) is 2. The summed E-state index contributed by atoms with van der Waals surface area (Å²) in [4.78, 5) is 43.9. The number of rotatable bonds is 6. The van der Waals surface area contributed by atoms with E-state index in [1.165, 1.54) is 17.4 Å². The van der Waals surface area contributed by atoms with Crippen molar-refractivity contribution in [2.24, 2.45) is 0 Å². The lowest BCUT2D eigenvalue weighted by Crippen LogP contribution is -2.42. The predicted octanol–water partition coefficient (Wildman–Crippen LogP) is 3.90. The van der Waals surface area contributed by atoms with Gasteiger partial charge in [-0.05, 0) is 43.5 Å². The first kappa shape index (κ1) is 22.6. The Bertz CT molecular complexity index is 1240. The summed E-state index contributed by atoms with van der Waals surface area (Å²) < 4.78 is 13.8. The molecule has 0 radical (unpaired) electrons. The molecule has 4 amide bonds. The van der Waals surface area contributed by atoms with Gasteiger partial charge in [-0.2, -0.15) is 0 Å². The normalized spacial score (nSPS) is 17.9. The van der Waals surface area contributed by atoms with Gasteiger partial charge >= 0.3 is 6.03 Å². The van der Waals surface area contributed by atoms with Gasteiger partial charge in [0.2, 0.25) is 5.91 Å². The average molecular weight is 467 g/mol. The molecule has 1 aliphatic rings. The fourth-order valence-corrected chi connectivity index (χ4v) is 4.48. The Balaban J connectivity index is 1.39. The van der Waals surface area contributed by atoms with Crippen LogP contribution >= 0.6 is 11.3 Å². The van der Waals surface area contributed by atoms with Gasteiger partial charge in [0.25, 0.3) is 5.91 Å². The number of imide groups is 1. The topological polar surface area (TPSA) is 91.4 Å². The first-order valence-electron chi connectivity index (χ1n) is 10.4. The third-order valence-corrected chi connectivity index (χ3v) is 6.53. The maximum absolute atomic E-state index is 13.8. The van der Waals surface area contributed by atoms with Gasteiger partial charge in [-0.25, -0.2) is 14.2 Å². The van der Waals surface area contributed by atoms with Gasteiger partial charge in [-0.3, -0.25) is 14.5 Å². The van der Waals surface area contributed by atoms with Crippen LogP contribution in [0.4, 0.5) is 14.3 Å². The highest BCUT2D eigenvalue weighted by Crippen LogP contribution is 2.29. The number of benzene rings is 2. The maximum atomic E-state index is 13.8. The number of urea groups is 1. The van der Waals surface area contributed by atoms with Gasteiger partial charge in [-0.1, -0.05) is 42.0 Å². The first-order chi connectivity index (χ1) is 15.7. The Morgan fingerprint density at radius 1 is 1.18 bits per heavy atom. The van der Waals surface area contributed by atoms with Crippen LogP contribution < -0.4 is 10.6 Å². The van der Waals surface area contributed by atoms with E-state index >= 15 is 0 Å². The lowest BCUT2D eigenvalue weighted by Gasteiger charge is -2.22. The van der Waals surface area contributed by atoms with Crippen molar-refractivity contribution < 1.29 is 18.8 Å². The summed E-state index contributed by atoms with van der Waals surface area (Å²) in [5.74, 6) is -1.29. The third-order valence-electron chi connectivity index (χ3n) is 5.62. The van der Waals surface area contributed by atoms with Crippen LogP contribution in [0.25, 0.3) is 0 Å². The fourth-order valence-electron chi connectivity index (χ4n) is 3.62. The van der Waals surface area contributed by atoms with Crippen LogP contribution in [0.15, 0.2) is 48.7 Å². The number of nitrogens with zero attached hydrogens (tertiary/aromatic N) is 2. The van der Waals surface area contributed by atoms with Gasteiger partial charge in [0.05, 0.1) is 0 Å². The zero-order valence-corrected chi connectivity index (χ0v) is 19.3. The summed E-state index contributed by atoms with van der Waals surface area (Å²) in [5.41, 5.74) is 1.82. The number of aryl methyl sites for hydroxylation is 2. The molecule has 1 fully saturated rings. The number of hydrogen-bond donors (Lipinski definition) is 2. The summed E-state index contributed by atoms with van der Waals surface area (Å²) in [5, 5.41) is 5.66. The number of anilines is 1. The van der Waals surface area contributed by atoms with E-state index in [0.717, 1.165) is 20.9 Å². The minimum absolute atomic E-state index is 0.267. The van der Waals surface area contributed by atoms with Crippen LogP contribution in [0.5, 0.6) is 0 Å². The first-order valence-corrected chi connectivity index (χ1v) is 11.2. The lowest BCUT2D eigenvalue weighted by molar-refractivity contribution is -0.133. The van der Waals surface area contributed by atoms with Crippen molar-refractivity contribution in [1.82, 2.24) is 15.2 Å². The molecule has 1 aromatic heterocycles. The van der Waals surface area contributed by atoms with Gasteiger partial charge in [-0.15, -0.1) is 11.3 Å². The van der Waals surface area contributed by atoms with Crippen molar-refractivity contribution >= 4 is 34.3 Å². The molecule has 0 saturated carbocycles. The Morgan fingerprint density at radius 3 is 2.61 bits per heavy atom. The highest BCUT2D eigenvalue weighted by molar-refractivity contribution is 7.15. The Morgan fingerprint density at radius 2 is 1.91 bits per heavy atom. The minimum Gasteiger partial charge on any atom is -0.319 e. The summed E-state index contributed by atoms with van der Waals surface area (Å²) in [6.45, 7) is 4.83. The van der Waals surface area contributed by atoms with E-state index in [2.05, 4.69) is 15.6 Å². The molecule has 0 spiro atoms. The SMILES string of the molecule is Cc1ccc(C2(C)NC(=O)N(CC(=O)Nc3ncc(Cc4ccc(C)c(F)c4)s3)C2=O)cc1. The molecule has 1 atom stereocenters. The molecule has 4 rings (SSSR count). The lowest BCUT2D eigenvalue weighted by atomic mass is 9.91. The van der Waals surface area contributed by atoms with Gasteiger partial charge < -0.3 is 10.6 Å². The second-order valence-corrected chi connectivity index (χ2v) is 9.37. The number of amides is 4. The second-order valence-electron chi connectivity index (χ2n) is 8.25. The third kappa shape index (κ3) is 4.63. The monoisotopic (exact) mass is 466 g/mol. The predicted molar refractivity (Wildman–Crippen MR) is 123 cm³/mol. The van der Waals surface area contributed by atoms with Crippen LogP contribution in [0.1, 0.15) is 34.1 Å². The van der Waals surface area contributed by atoms with Crippen LogP contribution in [0.2, 0.25) is 0 Å². The van der Waals surface area contributed by atoms with E-state index in [1.54, 1.807) is 38.2 Å². The molecule has 1 saturated heterocycles. The standard InChI is InChI=1S/C24H23FN4O3S/c1-14-4-8-17(9-5-14)24(3)21(31)29(23(32)28-24)13-20(30)27-22-26-12-18(33-22)10-16-7-6-15(2)19(25)11-16/h4-9,11-12H,10,13H2,1-3H3,(H,28,32)(H,26,27,30). The average Bonchev–Trinajstić information content (AvgIpc) is 3.28. The van der Waals surface area contributed by atoms with Crippen LogP contribution in [-0.2, 0) is 21.5 Å². The second kappa shape index (κ2) is 8.74. The van der Waals surface area contributed by atoms with E-state index < -0.39 is 29.9 Å². The van der Waals surface area contributed by atoms with Crippen molar-refractivity contribution in [3.63, 3.8) is 0 Å². The molecule has 33 heavy (non-hydrogen) atoms. The van der Waals surface area contributed by atoms with Gasteiger partial charge in [0.1, 0.15) is 17.9 Å². The van der Waals surface area contributed by atoms with E-state index in [-0.39, 0.29) is 5.82 Å². The van der Waals surface area contributed by atoms with Crippen molar-refractivity contribution in [2.45, 2.75) is 32.7 Å². The van der Waals surface area contributed by atoms with E-state index in [9.17, 15) is 18.8 Å². The van der Waals surface area contributed by atoms with Crippen molar-refractivity contribution in [3.05, 3.63) is 81.6 Å². The number of carbonyl (C=O) groups excluding carboxylic acids is 3. The molecule has 170 valence electrons. The molecule has 1 unspecified atom stereocenters. The summed E-state index contributed by atoms with van der Waals surface area (Å²) >= 11 is 1.25. The largest absolute Gasteiger partial charge is 0.325 e. The summed E-state index contributed by atoms with van der Waals surface area (Å²) in [7, 11) is 0. The summed E-state index contributed by atoms with van der Waals surface area (Å²) in [6, 6.07) is 11.7. The number of hydrogen-bond acceptors (Lipinski definition) is 5. The fraction of sp³-hybridized carbons (Fsp3) is 0.250. The van der Waals surface area contributed by atoms with E-state index in [4.69, 9.17) is 0 Å². The van der Waals surface area contributed by atoms with Crippen LogP contribution in [-0.4, -0.2) is 34.3 Å². The van der Waals surface area contributed by atoms with Gasteiger partial charge in [0, 0.05) is 17.5 Å². The maximum Gasteiger partial charge on any atom is 0.325 e. The van der Waals surface area contributed by atoms with Gasteiger partial charge in [0.15, 0.2) is 5.13 Å². The molecule has 3 aromatic rings. The molecular formula is C24H23FN4O3S. The molecule has 2 heterocycles. The molecule has 7 nitrogen and oxygen atoms in total. The molecule has 1 aliphatic heterocycles. The number of thiazole rings is 1. The van der Waals surface area contributed by atoms with E-state index in [1.807, 2.05) is 25.1 Å². The van der Waals surface area contributed by atoms with Crippen LogP contribution in [0.3, 0.4) is 0 Å². The van der Waals surface area contributed by atoms with Crippen molar-refractivity contribution in [1.29, 1.82) is 0 Å². The molecule has 2 aromatic carbocycles. The van der Waals surface area contributed by atoms with Crippen molar-refractivity contribution in [2.75, 3.05) is 11.9 Å². The van der Waals surface area contributed by atoms with E-state index in [0.29, 0.717) is 22.7 Å². The highest BCUT2D eigenvalue weighted by atomic mass is 32.1. The minimum atomic E-state index is -1.23. The molecule has 9 heteroatoms. The zero-order valence-electron chi connectivity index (χ0n) is 18.4. The van der Waals surface area contributed by atoms with Crippen molar-refractivity contribution in [3.8, 4) is 0 Å². The smallest absolute Gasteiger partial charge is 0.319 e. The Kier molecular flexibility index (Phi) is 5.99. The number of carbonyl (C=O) groups is 3. The molecule has 0 bridgehead atoms. The quantitative estimate of drug-likeness (QED) is 0.539. The number of halogens is 1. The number of aromatic nitrogens is 1. The zero-order chi connectivity index (χ0) is 23.8. The molecular weight excluding hydrogens is 443 g/mol. The Labute approximate surface area is 194 Å². The molecule has 2 N–H and O–H groups in total. The highest BCUT2D eigenvalue weighted by Gasteiger charge is 2.49. The van der Waals surface area contributed by atoms with Crippen LogP contribution in [0, 0.1) is 19.7 Å².